The number of allylic oxidation sites excluding steroid dienone is 1. The summed E-state index contributed by atoms with van der Waals surface area (Å²) in [6.45, 7) is 4.13. The third-order valence-corrected chi connectivity index (χ3v) is 8.14. The van der Waals surface area contributed by atoms with Crippen LogP contribution >= 0.6 is 11.3 Å². The number of nitrogens with zero attached hydrogens (tertiary/aromatic N) is 2. The Morgan fingerprint density at radius 1 is 1.00 bits per heavy atom. The molecule has 0 unspecified atom stereocenters. The largest absolute Gasteiger partial charge is 0.493 e. The van der Waals surface area contributed by atoms with E-state index >= 15 is 0 Å². The summed E-state index contributed by atoms with van der Waals surface area (Å²) >= 11 is 1.40. The first-order chi connectivity index (χ1) is 19.1. The Morgan fingerprint density at radius 2 is 1.79 bits per heavy atom. The topological polar surface area (TPSA) is 62.0 Å². The Hall–Kier alpha value is -4.36. The summed E-state index contributed by atoms with van der Waals surface area (Å²) in [4.78, 5) is 19.8. The van der Waals surface area contributed by atoms with Gasteiger partial charge in [0.15, 0.2) is 16.3 Å². The third-order valence-electron chi connectivity index (χ3n) is 7.16. The second-order valence-electron chi connectivity index (χ2n) is 9.37. The third kappa shape index (κ3) is 4.38. The van der Waals surface area contributed by atoms with Crippen LogP contribution < -0.4 is 29.1 Å². The number of benzene rings is 3. The molecule has 1 aromatic heterocycles. The fourth-order valence-corrected chi connectivity index (χ4v) is 6.36. The standard InChI is InChI=1S/C32H28N2O4S/c1-4-17-38-25-12-8-6-10-21(25)19-28-31(35)34-30(22-14-16-26(36-2)27(18-22)37-3)24-15-13-20-9-5-7-11-23(20)29(24)33-32(34)39-28/h4-12,14,16,18-19,30H,1,13,15,17H2,2-3H3/b28-19-/t30-/m0/s1. The minimum Gasteiger partial charge on any atom is -0.493 e. The van der Waals surface area contributed by atoms with Crippen LogP contribution in [0.4, 0.5) is 0 Å². The Balaban J connectivity index is 1.59. The number of ether oxygens (including phenoxy) is 3. The lowest BCUT2D eigenvalue weighted by Gasteiger charge is -2.31. The molecule has 0 amide bonds. The van der Waals surface area contributed by atoms with Crippen molar-refractivity contribution in [1.82, 2.24) is 4.57 Å². The molecule has 1 aliphatic heterocycles. The van der Waals surface area contributed by atoms with Gasteiger partial charge >= 0.3 is 0 Å². The van der Waals surface area contributed by atoms with Crippen LogP contribution in [0.5, 0.6) is 17.2 Å². The van der Waals surface area contributed by atoms with Gasteiger partial charge in [-0.3, -0.25) is 9.36 Å². The Bertz CT molecular complexity index is 1800. The molecular formula is C32H28N2O4S. The van der Waals surface area contributed by atoms with Gasteiger partial charge in [-0.25, -0.2) is 4.99 Å². The van der Waals surface area contributed by atoms with Gasteiger partial charge < -0.3 is 14.2 Å². The van der Waals surface area contributed by atoms with Gasteiger partial charge in [-0.05, 0) is 53.8 Å². The van der Waals surface area contributed by atoms with Crippen molar-refractivity contribution >= 4 is 23.1 Å². The van der Waals surface area contributed by atoms with Crippen LogP contribution in [0.3, 0.4) is 0 Å². The van der Waals surface area contributed by atoms with E-state index in [2.05, 4.69) is 24.8 Å². The van der Waals surface area contributed by atoms with Crippen molar-refractivity contribution in [2.45, 2.75) is 18.9 Å². The van der Waals surface area contributed by atoms with E-state index in [-0.39, 0.29) is 11.6 Å². The molecule has 4 aromatic rings. The molecule has 7 heteroatoms. The first-order valence-electron chi connectivity index (χ1n) is 12.8. The summed E-state index contributed by atoms with van der Waals surface area (Å²) in [5, 5.41) is 0. The van der Waals surface area contributed by atoms with Gasteiger partial charge in [-0.1, -0.05) is 72.5 Å². The van der Waals surface area contributed by atoms with Crippen molar-refractivity contribution in [3.8, 4) is 17.2 Å². The highest BCUT2D eigenvalue weighted by Crippen LogP contribution is 2.42. The van der Waals surface area contributed by atoms with Crippen LogP contribution in [0.25, 0.3) is 11.8 Å². The average molecular weight is 537 g/mol. The Labute approximate surface area is 230 Å². The van der Waals surface area contributed by atoms with Crippen molar-refractivity contribution in [2.24, 2.45) is 4.99 Å². The lowest BCUT2D eigenvalue weighted by atomic mass is 9.83. The quantitative estimate of drug-likeness (QED) is 0.315. The molecule has 0 N–H and O–H groups in total. The second-order valence-corrected chi connectivity index (χ2v) is 10.4. The molecule has 196 valence electrons. The molecule has 1 aliphatic carbocycles. The molecule has 0 bridgehead atoms. The van der Waals surface area contributed by atoms with Crippen molar-refractivity contribution in [2.75, 3.05) is 20.8 Å². The number of rotatable bonds is 7. The van der Waals surface area contributed by atoms with E-state index < -0.39 is 0 Å². The molecule has 39 heavy (non-hydrogen) atoms. The Kier molecular flexibility index (Phi) is 6.67. The van der Waals surface area contributed by atoms with E-state index in [0.29, 0.717) is 33.2 Å². The van der Waals surface area contributed by atoms with Crippen LogP contribution in [0.1, 0.15) is 34.7 Å². The molecule has 0 fully saturated rings. The summed E-state index contributed by atoms with van der Waals surface area (Å²) in [5.74, 6) is 1.97. The summed E-state index contributed by atoms with van der Waals surface area (Å²) in [5.41, 5.74) is 6.21. The van der Waals surface area contributed by atoms with Crippen LogP contribution in [-0.2, 0) is 6.42 Å². The first-order valence-corrected chi connectivity index (χ1v) is 13.6. The number of methoxy groups -OCH3 is 2. The minimum atomic E-state index is -0.307. The highest BCUT2D eigenvalue weighted by Gasteiger charge is 2.33. The van der Waals surface area contributed by atoms with Crippen molar-refractivity contribution in [3.63, 3.8) is 0 Å². The molecule has 6 rings (SSSR count). The van der Waals surface area contributed by atoms with Crippen LogP contribution in [0.2, 0.25) is 0 Å². The van der Waals surface area contributed by atoms with Crippen LogP contribution in [-0.4, -0.2) is 25.4 Å². The van der Waals surface area contributed by atoms with E-state index in [0.717, 1.165) is 40.8 Å². The fraction of sp³-hybridized carbons (Fsp3) is 0.188. The lowest BCUT2D eigenvalue weighted by molar-refractivity contribution is 0.354. The average Bonchev–Trinajstić information content (AvgIpc) is 3.29. The molecule has 6 nitrogen and oxygen atoms in total. The van der Waals surface area contributed by atoms with E-state index in [4.69, 9.17) is 19.2 Å². The number of aryl methyl sites for hydroxylation is 1. The second kappa shape index (κ2) is 10.4. The van der Waals surface area contributed by atoms with Gasteiger partial charge in [0.1, 0.15) is 12.4 Å². The van der Waals surface area contributed by atoms with Crippen molar-refractivity contribution in [3.05, 3.63) is 127 Å². The normalized spacial score (nSPS) is 16.1. The number of aromatic nitrogens is 1. The van der Waals surface area contributed by atoms with Crippen LogP contribution in [0.15, 0.2) is 94.7 Å². The zero-order chi connectivity index (χ0) is 26.9. The maximum absolute atomic E-state index is 14.1. The van der Waals surface area contributed by atoms with Gasteiger partial charge in [0.2, 0.25) is 0 Å². The molecular weight excluding hydrogens is 508 g/mol. The van der Waals surface area contributed by atoms with E-state index in [9.17, 15) is 4.79 Å². The summed E-state index contributed by atoms with van der Waals surface area (Å²) in [6, 6.07) is 21.7. The molecule has 2 aliphatic rings. The minimum absolute atomic E-state index is 0.0810. The molecule has 0 saturated heterocycles. The van der Waals surface area contributed by atoms with Gasteiger partial charge in [-0.2, -0.15) is 0 Å². The number of fused-ring (bicyclic) bond motifs is 3. The summed E-state index contributed by atoms with van der Waals surface area (Å²) in [6.07, 6.45) is 5.31. The van der Waals surface area contributed by atoms with Gasteiger partial charge in [-0.15, -0.1) is 0 Å². The molecule has 1 atom stereocenters. The van der Waals surface area contributed by atoms with Crippen LogP contribution in [0, 0.1) is 0 Å². The van der Waals surface area contributed by atoms with E-state index in [1.165, 1.54) is 16.9 Å². The fourth-order valence-electron chi connectivity index (χ4n) is 5.37. The Morgan fingerprint density at radius 3 is 2.62 bits per heavy atom. The maximum atomic E-state index is 14.1. The lowest BCUT2D eigenvalue weighted by Crippen LogP contribution is -2.38. The van der Waals surface area contributed by atoms with E-state index in [1.807, 2.05) is 59.2 Å². The molecule has 0 saturated carbocycles. The smallest absolute Gasteiger partial charge is 0.271 e. The molecule has 0 radical (unpaired) electrons. The van der Waals surface area contributed by atoms with Gasteiger partial charge in [0.25, 0.3) is 5.56 Å². The van der Waals surface area contributed by atoms with E-state index in [1.54, 1.807) is 20.3 Å². The number of hydrogen-bond donors (Lipinski definition) is 0. The predicted molar refractivity (Wildman–Crippen MR) is 154 cm³/mol. The predicted octanol–water partition coefficient (Wildman–Crippen LogP) is 4.90. The molecule has 3 aromatic carbocycles. The summed E-state index contributed by atoms with van der Waals surface area (Å²) < 4.78 is 19.4. The zero-order valence-corrected chi connectivity index (χ0v) is 22.7. The van der Waals surface area contributed by atoms with Gasteiger partial charge in [0, 0.05) is 11.1 Å². The SMILES string of the molecule is C=CCOc1ccccc1/C=c1\sc2n(c1=O)[C@@H](c1ccc(OC)c(OC)c1)C1=C(N=2)c2ccccc2CC1. The molecule has 0 spiro atoms. The number of para-hydroxylation sites is 1. The zero-order valence-electron chi connectivity index (χ0n) is 21.8. The summed E-state index contributed by atoms with van der Waals surface area (Å²) in [7, 11) is 3.25. The maximum Gasteiger partial charge on any atom is 0.271 e. The van der Waals surface area contributed by atoms with Gasteiger partial charge in [0.05, 0.1) is 30.5 Å². The number of thiazole rings is 1. The van der Waals surface area contributed by atoms with Crippen molar-refractivity contribution in [1.29, 1.82) is 0 Å². The monoisotopic (exact) mass is 536 g/mol. The molecule has 2 heterocycles. The highest BCUT2D eigenvalue weighted by atomic mass is 32.1. The highest BCUT2D eigenvalue weighted by molar-refractivity contribution is 7.07. The van der Waals surface area contributed by atoms with Crippen molar-refractivity contribution < 1.29 is 14.2 Å². The first kappa shape index (κ1) is 24.9. The number of hydrogen-bond acceptors (Lipinski definition) is 6.